The van der Waals surface area contributed by atoms with Gasteiger partial charge in [-0.05, 0) is 5.56 Å². The van der Waals surface area contributed by atoms with E-state index in [4.69, 9.17) is 4.74 Å². The lowest BCUT2D eigenvalue weighted by molar-refractivity contribution is -0.136. The van der Waals surface area contributed by atoms with E-state index in [1.807, 2.05) is 35.2 Å². The number of carbonyl (C=O) groups is 1. The molecule has 0 aromatic heterocycles. The van der Waals surface area contributed by atoms with Crippen LogP contribution in [-0.2, 0) is 9.53 Å². The van der Waals surface area contributed by atoms with Crippen molar-refractivity contribution in [3.8, 4) is 0 Å². The van der Waals surface area contributed by atoms with Gasteiger partial charge in [-0.1, -0.05) is 30.3 Å². The molecule has 0 radical (unpaired) electrons. The van der Waals surface area contributed by atoms with Gasteiger partial charge in [0.2, 0.25) is 5.91 Å². The molecule has 2 rings (SSSR count). The van der Waals surface area contributed by atoms with Gasteiger partial charge in [0.1, 0.15) is 6.10 Å². The highest BCUT2D eigenvalue weighted by Gasteiger charge is 2.22. The lowest BCUT2D eigenvalue weighted by Crippen LogP contribution is -2.41. The van der Waals surface area contributed by atoms with Crippen LogP contribution in [-0.4, -0.2) is 30.5 Å². The fourth-order valence-electron chi connectivity index (χ4n) is 1.80. The Hall–Kier alpha value is -1.35. The van der Waals surface area contributed by atoms with Crippen molar-refractivity contribution in [2.24, 2.45) is 0 Å². The molecule has 1 fully saturated rings. The number of rotatable bonds is 1. The summed E-state index contributed by atoms with van der Waals surface area (Å²) in [4.78, 5) is 13.1. The predicted octanol–water partition coefficient (Wildman–Crippen LogP) is 1.61. The van der Waals surface area contributed by atoms with Crippen LogP contribution >= 0.6 is 0 Å². The first kappa shape index (κ1) is 10.2. The minimum atomic E-state index is 0.0313. The second-order valence-corrected chi connectivity index (χ2v) is 3.74. The van der Waals surface area contributed by atoms with Crippen LogP contribution in [0.3, 0.4) is 0 Å². The molecule has 1 atom stereocenters. The average molecular weight is 205 g/mol. The van der Waals surface area contributed by atoms with E-state index in [2.05, 4.69) is 0 Å². The number of carbonyl (C=O) groups excluding carboxylic acids is 1. The van der Waals surface area contributed by atoms with Gasteiger partial charge < -0.3 is 9.64 Å². The SMILES string of the molecule is CC(=O)N1CCO[C@@H](c2ccccc2)C1. The van der Waals surface area contributed by atoms with Gasteiger partial charge in [-0.25, -0.2) is 0 Å². The number of hydrogen-bond acceptors (Lipinski definition) is 2. The molecule has 0 unspecified atom stereocenters. The van der Waals surface area contributed by atoms with Gasteiger partial charge in [-0.2, -0.15) is 0 Å². The van der Waals surface area contributed by atoms with Crippen LogP contribution in [0.4, 0.5) is 0 Å². The third-order valence-corrected chi connectivity index (χ3v) is 2.68. The van der Waals surface area contributed by atoms with Crippen LogP contribution < -0.4 is 0 Å². The Morgan fingerprint density at radius 3 is 2.80 bits per heavy atom. The zero-order valence-electron chi connectivity index (χ0n) is 8.85. The van der Waals surface area contributed by atoms with Crippen LogP contribution in [0.25, 0.3) is 0 Å². The van der Waals surface area contributed by atoms with Crippen molar-refractivity contribution in [3.63, 3.8) is 0 Å². The van der Waals surface area contributed by atoms with Gasteiger partial charge in [-0.3, -0.25) is 4.79 Å². The zero-order valence-corrected chi connectivity index (χ0v) is 8.85. The molecule has 1 saturated heterocycles. The summed E-state index contributed by atoms with van der Waals surface area (Å²) in [5.74, 6) is 0.124. The molecule has 1 aliphatic rings. The smallest absolute Gasteiger partial charge is 0.219 e. The van der Waals surface area contributed by atoms with Crippen molar-refractivity contribution in [2.75, 3.05) is 19.7 Å². The third kappa shape index (κ3) is 2.36. The molecular weight excluding hydrogens is 190 g/mol. The number of morpholine rings is 1. The molecule has 1 amide bonds. The van der Waals surface area contributed by atoms with Gasteiger partial charge in [-0.15, -0.1) is 0 Å². The number of hydrogen-bond donors (Lipinski definition) is 0. The van der Waals surface area contributed by atoms with E-state index in [0.29, 0.717) is 19.7 Å². The maximum atomic E-state index is 11.2. The monoisotopic (exact) mass is 205 g/mol. The first-order valence-electron chi connectivity index (χ1n) is 5.19. The number of benzene rings is 1. The van der Waals surface area contributed by atoms with E-state index in [9.17, 15) is 4.79 Å². The zero-order chi connectivity index (χ0) is 10.7. The molecule has 0 bridgehead atoms. The van der Waals surface area contributed by atoms with Crippen molar-refractivity contribution >= 4 is 5.91 Å². The fraction of sp³-hybridized carbons (Fsp3) is 0.417. The Bertz CT molecular complexity index is 337. The van der Waals surface area contributed by atoms with E-state index in [-0.39, 0.29) is 12.0 Å². The van der Waals surface area contributed by atoms with Crippen molar-refractivity contribution < 1.29 is 9.53 Å². The molecule has 0 aliphatic carbocycles. The summed E-state index contributed by atoms with van der Waals surface area (Å²) in [7, 11) is 0. The largest absolute Gasteiger partial charge is 0.370 e. The number of ether oxygens (including phenoxy) is 1. The average Bonchev–Trinajstić information content (AvgIpc) is 2.30. The highest BCUT2D eigenvalue weighted by molar-refractivity contribution is 5.73. The van der Waals surface area contributed by atoms with Crippen LogP contribution in [0.2, 0.25) is 0 Å². The van der Waals surface area contributed by atoms with Gasteiger partial charge in [0, 0.05) is 13.5 Å². The molecule has 1 aromatic carbocycles. The second kappa shape index (κ2) is 4.45. The van der Waals surface area contributed by atoms with Crippen LogP contribution in [0, 0.1) is 0 Å². The Morgan fingerprint density at radius 2 is 2.13 bits per heavy atom. The normalized spacial score (nSPS) is 21.4. The van der Waals surface area contributed by atoms with Crippen LogP contribution in [0.1, 0.15) is 18.6 Å². The van der Waals surface area contributed by atoms with E-state index < -0.39 is 0 Å². The van der Waals surface area contributed by atoms with E-state index >= 15 is 0 Å². The van der Waals surface area contributed by atoms with E-state index in [1.165, 1.54) is 0 Å². The summed E-state index contributed by atoms with van der Waals surface area (Å²) < 4.78 is 5.65. The van der Waals surface area contributed by atoms with Gasteiger partial charge >= 0.3 is 0 Å². The summed E-state index contributed by atoms with van der Waals surface area (Å²) in [6.07, 6.45) is 0.0313. The lowest BCUT2D eigenvalue weighted by atomic mass is 10.1. The van der Waals surface area contributed by atoms with E-state index in [1.54, 1.807) is 6.92 Å². The second-order valence-electron chi connectivity index (χ2n) is 3.74. The Balaban J connectivity index is 2.08. The summed E-state index contributed by atoms with van der Waals surface area (Å²) in [5.41, 5.74) is 1.14. The molecular formula is C12H15NO2. The molecule has 1 aliphatic heterocycles. The molecule has 1 aromatic rings. The highest BCUT2D eigenvalue weighted by atomic mass is 16.5. The summed E-state index contributed by atoms with van der Waals surface area (Å²) in [6, 6.07) is 10.0. The minimum absolute atomic E-state index is 0.0313. The molecule has 0 saturated carbocycles. The highest BCUT2D eigenvalue weighted by Crippen LogP contribution is 2.21. The third-order valence-electron chi connectivity index (χ3n) is 2.68. The van der Waals surface area contributed by atoms with Gasteiger partial charge in [0.25, 0.3) is 0 Å². The fourth-order valence-corrected chi connectivity index (χ4v) is 1.80. The summed E-state index contributed by atoms with van der Waals surface area (Å²) in [6.45, 7) is 3.60. The molecule has 0 N–H and O–H groups in total. The van der Waals surface area contributed by atoms with Crippen LogP contribution in [0.5, 0.6) is 0 Å². The topological polar surface area (TPSA) is 29.5 Å². The Kier molecular flexibility index (Phi) is 3.02. The van der Waals surface area contributed by atoms with Crippen molar-refractivity contribution in [2.45, 2.75) is 13.0 Å². The number of amides is 1. The minimum Gasteiger partial charge on any atom is -0.370 e. The molecule has 1 heterocycles. The molecule has 3 heteroatoms. The quantitative estimate of drug-likeness (QED) is 0.697. The Labute approximate surface area is 89.7 Å². The standard InChI is InChI=1S/C12H15NO2/c1-10(14)13-7-8-15-12(9-13)11-5-3-2-4-6-11/h2-6,12H,7-9H2,1H3/t12-/m1/s1. The molecule has 3 nitrogen and oxygen atoms in total. The van der Waals surface area contributed by atoms with Crippen molar-refractivity contribution in [3.05, 3.63) is 35.9 Å². The number of nitrogens with zero attached hydrogens (tertiary/aromatic N) is 1. The first-order valence-corrected chi connectivity index (χ1v) is 5.19. The molecule has 15 heavy (non-hydrogen) atoms. The molecule has 80 valence electrons. The predicted molar refractivity (Wildman–Crippen MR) is 57.4 cm³/mol. The Morgan fingerprint density at radius 1 is 1.40 bits per heavy atom. The first-order chi connectivity index (χ1) is 7.27. The van der Waals surface area contributed by atoms with E-state index in [0.717, 1.165) is 5.56 Å². The van der Waals surface area contributed by atoms with Gasteiger partial charge in [0.05, 0.1) is 13.2 Å². The van der Waals surface area contributed by atoms with Gasteiger partial charge in [0.15, 0.2) is 0 Å². The lowest BCUT2D eigenvalue weighted by Gasteiger charge is -2.32. The summed E-state index contributed by atoms with van der Waals surface area (Å²) >= 11 is 0. The van der Waals surface area contributed by atoms with Crippen LogP contribution in [0.15, 0.2) is 30.3 Å². The maximum Gasteiger partial charge on any atom is 0.219 e. The van der Waals surface area contributed by atoms with Crippen molar-refractivity contribution in [1.29, 1.82) is 0 Å². The van der Waals surface area contributed by atoms with Crippen molar-refractivity contribution in [1.82, 2.24) is 4.90 Å². The summed E-state index contributed by atoms with van der Waals surface area (Å²) in [5, 5.41) is 0. The maximum absolute atomic E-state index is 11.2. The molecule has 0 spiro atoms.